The minimum atomic E-state index is -0.213. The van der Waals surface area contributed by atoms with Gasteiger partial charge in [0.2, 0.25) is 5.91 Å². The van der Waals surface area contributed by atoms with E-state index in [1.54, 1.807) is 25.8 Å². The highest BCUT2D eigenvalue weighted by atomic mass is 32.2. The number of hydrogen-bond donors (Lipinski definition) is 0. The third-order valence-corrected chi connectivity index (χ3v) is 7.43. The average Bonchev–Trinajstić information content (AvgIpc) is 3.35. The van der Waals surface area contributed by atoms with E-state index in [-0.39, 0.29) is 17.8 Å². The van der Waals surface area contributed by atoms with Crippen LogP contribution in [0.4, 0.5) is 0 Å². The second-order valence-corrected chi connectivity index (χ2v) is 10.2. The molecule has 1 atom stereocenters. The van der Waals surface area contributed by atoms with Gasteiger partial charge >= 0.3 is 5.97 Å². The smallest absolute Gasteiger partial charge is 0.310 e. The standard InChI is InChI=1S/C28H34N4O4S/c1-4-36-27(34)22-9-6-16-31(19-22)25(33)11-7-17-37-28-30-29-26(21-8-5-10-24(18-21)35-3)32(28)23-14-12-20(2)13-15-23/h5,8,10,12-15,18,22H,4,6-7,9,11,16-17,19H2,1-3H3. The Hall–Kier alpha value is -3.33. The number of ether oxygens (including phenoxy) is 2. The molecular weight excluding hydrogens is 488 g/mol. The predicted octanol–water partition coefficient (Wildman–Crippen LogP) is 4.93. The first-order chi connectivity index (χ1) is 18.0. The quantitative estimate of drug-likeness (QED) is 0.212. The van der Waals surface area contributed by atoms with Gasteiger partial charge in [0.15, 0.2) is 11.0 Å². The number of esters is 1. The van der Waals surface area contributed by atoms with Gasteiger partial charge in [0.25, 0.3) is 0 Å². The van der Waals surface area contributed by atoms with E-state index in [2.05, 4.69) is 46.0 Å². The number of likely N-dealkylation sites (tertiary alicyclic amines) is 1. The number of methoxy groups -OCH3 is 1. The minimum Gasteiger partial charge on any atom is -0.497 e. The van der Waals surface area contributed by atoms with Crippen LogP contribution in [0.15, 0.2) is 53.7 Å². The van der Waals surface area contributed by atoms with Crippen molar-refractivity contribution >= 4 is 23.6 Å². The zero-order valence-corrected chi connectivity index (χ0v) is 22.5. The normalized spacial score (nSPS) is 15.4. The lowest BCUT2D eigenvalue weighted by Gasteiger charge is -2.31. The largest absolute Gasteiger partial charge is 0.497 e. The van der Waals surface area contributed by atoms with Crippen LogP contribution in [0.25, 0.3) is 17.1 Å². The number of carbonyl (C=O) groups is 2. The van der Waals surface area contributed by atoms with Crippen LogP contribution in [-0.4, -0.2) is 64.1 Å². The minimum absolute atomic E-state index is 0.0895. The molecule has 2 aromatic carbocycles. The van der Waals surface area contributed by atoms with Gasteiger partial charge in [-0.15, -0.1) is 10.2 Å². The summed E-state index contributed by atoms with van der Waals surface area (Å²) in [5.74, 6) is 1.90. The van der Waals surface area contributed by atoms with Crippen LogP contribution in [0, 0.1) is 12.8 Å². The molecule has 37 heavy (non-hydrogen) atoms. The monoisotopic (exact) mass is 522 g/mol. The van der Waals surface area contributed by atoms with E-state index in [0.29, 0.717) is 32.5 Å². The van der Waals surface area contributed by atoms with E-state index in [1.807, 2.05) is 29.2 Å². The summed E-state index contributed by atoms with van der Waals surface area (Å²) in [6, 6.07) is 16.0. The molecule has 0 saturated carbocycles. The highest BCUT2D eigenvalue weighted by Crippen LogP contribution is 2.30. The van der Waals surface area contributed by atoms with Crippen LogP contribution >= 0.6 is 11.8 Å². The molecule has 1 saturated heterocycles. The van der Waals surface area contributed by atoms with Gasteiger partial charge in [0.1, 0.15) is 5.75 Å². The highest BCUT2D eigenvalue weighted by Gasteiger charge is 2.29. The summed E-state index contributed by atoms with van der Waals surface area (Å²) in [6.45, 7) is 5.39. The summed E-state index contributed by atoms with van der Waals surface area (Å²) in [5.41, 5.74) is 3.07. The van der Waals surface area contributed by atoms with Gasteiger partial charge in [-0.05, 0) is 57.4 Å². The highest BCUT2D eigenvalue weighted by molar-refractivity contribution is 7.99. The fourth-order valence-corrected chi connectivity index (χ4v) is 5.33. The SMILES string of the molecule is CCOC(=O)C1CCCN(C(=O)CCCSc2nnc(-c3cccc(OC)c3)n2-c2ccc(C)cc2)C1. The molecule has 196 valence electrons. The molecule has 0 spiro atoms. The van der Waals surface area contributed by atoms with Gasteiger partial charge in [-0.25, -0.2) is 0 Å². The lowest BCUT2D eigenvalue weighted by molar-refractivity contribution is -0.151. The van der Waals surface area contributed by atoms with E-state index in [4.69, 9.17) is 9.47 Å². The third kappa shape index (κ3) is 6.71. The second kappa shape index (κ2) is 12.8. The zero-order valence-electron chi connectivity index (χ0n) is 21.7. The lowest BCUT2D eigenvalue weighted by atomic mass is 9.98. The Morgan fingerprint density at radius 3 is 2.70 bits per heavy atom. The number of nitrogens with zero attached hydrogens (tertiary/aromatic N) is 4. The predicted molar refractivity (Wildman–Crippen MR) is 144 cm³/mol. The molecule has 3 aromatic rings. The van der Waals surface area contributed by atoms with Gasteiger partial charge in [-0.2, -0.15) is 0 Å². The number of aromatic nitrogens is 3. The van der Waals surface area contributed by atoms with Crippen molar-refractivity contribution in [3.05, 3.63) is 54.1 Å². The van der Waals surface area contributed by atoms with Crippen LogP contribution in [0.5, 0.6) is 5.75 Å². The molecule has 1 aliphatic rings. The molecule has 9 heteroatoms. The van der Waals surface area contributed by atoms with Crippen molar-refractivity contribution in [2.45, 2.75) is 44.7 Å². The number of piperidine rings is 1. The van der Waals surface area contributed by atoms with E-state index in [9.17, 15) is 9.59 Å². The molecule has 4 rings (SSSR count). The molecule has 1 unspecified atom stereocenters. The summed E-state index contributed by atoms with van der Waals surface area (Å²) >= 11 is 1.59. The summed E-state index contributed by atoms with van der Waals surface area (Å²) in [5, 5.41) is 9.77. The molecule has 8 nitrogen and oxygen atoms in total. The molecule has 0 N–H and O–H groups in total. The van der Waals surface area contributed by atoms with Crippen molar-refractivity contribution < 1.29 is 19.1 Å². The number of benzene rings is 2. The first-order valence-corrected chi connectivity index (χ1v) is 13.7. The molecule has 1 fully saturated rings. The fraction of sp³-hybridized carbons (Fsp3) is 0.429. The van der Waals surface area contributed by atoms with Crippen molar-refractivity contribution in [2.24, 2.45) is 5.92 Å². The average molecular weight is 523 g/mol. The zero-order chi connectivity index (χ0) is 26.2. The van der Waals surface area contributed by atoms with Crippen molar-refractivity contribution in [2.75, 3.05) is 32.6 Å². The van der Waals surface area contributed by atoms with Crippen molar-refractivity contribution in [1.82, 2.24) is 19.7 Å². The first kappa shape index (κ1) is 26.7. The molecule has 2 heterocycles. The first-order valence-electron chi connectivity index (χ1n) is 12.7. The van der Waals surface area contributed by atoms with Crippen molar-refractivity contribution in [1.29, 1.82) is 0 Å². The topological polar surface area (TPSA) is 86.6 Å². The number of rotatable bonds is 10. The van der Waals surface area contributed by atoms with E-state index >= 15 is 0 Å². The molecule has 1 aliphatic heterocycles. The lowest BCUT2D eigenvalue weighted by Crippen LogP contribution is -2.42. The molecule has 1 aromatic heterocycles. The maximum absolute atomic E-state index is 12.8. The van der Waals surface area contributed by atoms with Crippen LogP contribution in [0.2, 0.25) is 0 Å². The fourth-order valence-electron chi connectivity index (χ4n) is 4.44. The Balaban J connectivity index is 1.42. The van der Waals surface area contributed by atoms with Gasteiger partial charge in [-0.3, -0.25) is 14.2 Å². The number of amides is 1. The Morgan fingerprint density at radius 1 is 1.14 bits per heavy atom. The number of hydrogen-bond acceptors (Lipinski definition) is 7. The molecule has 1 amide bonds. The number of thioether (sulfide) groups is 1. The maximum Gasteiger partial charge on any atom is 0.310 e. The molecule has 0 bridgehead atoms. The molecule has 0 radical (unpaired) electrons. The van der Waals surface area contributed by atoms with Crippen LogP contribution in [0.1, 0.15) is 38.2 Å². The Kier molecular flexibility index (Phi) is 9.22. The van der Waals surface area contributed by atoms with Gasteiger partial charge in [0, 0.05) is 36.5 Å². The second-order valence-electron chi connectivity index (χ2n) is 9.09. The van der Waals surface area contributed by atoms with E-state index < -0.39 is 0 Å². The van der Waals surface area contributed by atoms with Gasteiger partial charge in [0.05, 0.1) is 19.6 Å². The van der Waals surface area contributed by atoms with Crippen LogP contribution < -0.4 is 4.74 Å². The Bertz CT molecular complexity index is 1210. The van der Waals surface area contributed by atoms with E-state index in [1.165, 1.54) is 5.56 Å². The summed E-state index contributed by atoms with van der Waals surface area (Å²) in [4.78, 5) is 26.7. The Labute approximate surface area is 222 Å². The van der Waals surface area contributed by atoms with Gasteiger partial charge in [-0.1, -0.05) is 41.6 Å². The Morgan fingerprint density at radius 2 is 1.95 bits per heavy atom. The van der Waals surface area contributed by atoms with Crippen molar-refractivity contribution in [3.8, 4) is 22.8 Å². The van der Waals surface area contributed by atoms with Crippen LogP contribution in [-0.2, 0) is 14.3 Å². The third-order valence-electron chi connectivity index (χ3n) is 6.41. The molecular formula is C28H34N4O4S. The number of aryl methyl sites for hydroxylation is 1. The number of carbonyl (C=O) groups excluding carboxylic acids is 2. The van der Waals surface area contributed by atoms with Gasteiger partial charge < -0.3 is 14.4 Å². The van der Waals surface area contributed by atoms with Crippen LogP contribution in [0.3, 0.4) is 0 Å². The summed E-state index contributed by atoms with van der Waals surface area (Å²) in [7, 11) is 1.65. The van der Waals surface area contributed by atoms with Crippen molar-refractivity contribution in [3.63, 3.8) is 0 Å². The maximum atomic E-state index is 12.8. The summed E-state index contributed by atoms with van der Waals surface area (Å²) in [6.07, 6.45) is 2.75. The summed E-state index contributed by atoms with van der Waals surface area (Å²) < 4.78 is 12.6. The van der Waals surface area contributed by atoms with E-state index in [0.717, 1.165) is 46.6 Å². The molecule has 0 aliphatic carbocycles.